The van der Waals surface area contributed by atoms with Crippen molar-refractivity contribution in [3.63, 3.8) is 0 Å². The van der Waals surface area contributed by atoms with Gasteiger partial charge < -0.3 is 18.8 Å². The Labute approximate surface area is 358 Å². The van der Waals surface area contributed by atoms with E-state index in [0.717, 1.165) is 51.5 Å². The van der Waals surface area contributed by atoms with E-state index < -0.39 is 0 Å². The Bertz CT molecular complexity index is 3450. The standard InChI is InChI=1S/C27H26Cl2N2O4.C22H16O2S/c1-4-30(5-2)20-10-7-9-15-22-18(28)13-16-21-17(14-19(29)25(23(21)22)35-24(15)20)27(33)31(26(16)32)11-8-12-34-6-3;1-3-24-22-12(2)21(23)15-9-8-14-13-6-4-5-7-17(13)25-18-11-10-16(22)19(15)20(14)18/h7,9-10,13-14H,4-6,8,11-12H2,1-3H3;4-11H,3H2,1-2H3. The van der Waals surface area contributed by atoms with Gasteiger partial charge in [-0.05, 0) is 94.3 Å². The summed E-state index contributed by atoms with van der Waals surface area (Å²) in [6, 6.07) is 26.0. The Hall–Kier alpha value is -5.45. The van der Waals surface area contributed by atoms with Gasteiger partial charge in [0.25, 0.3) is 11.1 Å². The first kappa shape index (κ1) is 40.0. The fourth-order valence-corrected chi connectivity index (χ4v) is 10.6. The van der Waals surface area contributed by atoms with E-state index in [1.165, 1.54) is 30.1 Å². The highest BCUT2D eigenvalue weighted by molar-refractivity contribution is 7.25. The number of fused-ring (bicyclic) bond motifs is 4. The number of nitrogens with zero attached hydrogens (tertiary/aromatic N) is 2. The van der Waals surface area contributed by atoms with Crippen LogP contribution in [0.4, 0.5) is 5.69 Å². The number of anilines is 1. The number of aromatic nitrogens is 1. The van der Waals surface area contributed by atoms with E-state index in [-0.39, 0.29) is 23.1 Å². The van der Waals surface area contributed by atoms with E-state index in [1.54, 1.807) is 23.5 Å². The molecule has 0 atom stereocenters. The van der Waals surface area contributed by atoms with Crippen LogP contribution in [0.5, 0.6) is 5.75 Å². The molecule has 7 aromatic carbocycles. The van der Waals surface area contributed by atoms with Crippen molar-refractivity contribution in [3.05, 3.63) is 125 Å². The number of pyridine rings is 1. The Balaban J connectivity index is 0.000000162. The zero-order chi connectivity index (χ0) is 42.0. The number of benzene rings is 7. The summed E-state index contributed by atoms with van der Waals surface area (Å²) < 4.78 is 21.4. The van der Waals surface area contributed by atoms with Crippen LogP contribution in [-0.2, 0) is 11.3 Å². The zero-order valence-electron chi connectivity index (χ0n) is 34.0. The van der Waals surface area contributed by atoms with Crippen molar-refractivity contribution < 1.29 is 13.9 Å². The largest absolute Gasteiger partial charge is 0.493 e. The number of para-hydroxylation sites is 1. The highest BCUT2D eigenvalue weighted by atomic mass is 35.5. The minimum absolute atomic E-state index is 0.0727. The minimum Gasteiger partial charge on any atom is -0.493 e. The number of hydrogen-bond donors (Lipinski definition) is 0. The molecule has 0 amide bonds. The van der Waals surface area contributed by atoms with Gasteiger partial charge in [0.2, 0.25) is 0 Å². The highest BCUT2D eigenvalue weighted by Crippen LogP contribution is 2.46. The first-order chi connectivity index (χ1) is 29.1. The van der Waals surface area contributed by atoms with Gasteiger partial charge in [-0.1, -0.05) is 59.6 Å². The van der Waals surface area contributed by atoms with Crippen molar-refractivity contribution in [1.82, 2.24) is 4.57 Å². The number of rotatable bonds is 10. The molecule has 0 fully saturated rings. The average Bonchev–Trinajstić information content (AvgIpc) is 3.26. The Morgan fingerprint density at radius 3 is 2.07 bits per heavy atom. The molecule has 8 nitrogen and oxygen atoms in total. The predicted molar refractivity (Wildman–Crippen MR) is 253 cm³/mol. The van der Waals surface area contributed by atoms with Crippen molar-refractivity contribution in [3.8, 4) is 5.75 Å². The normalized spacial score (nSPS) is 12.0. The maximum atomic E-state index is 13.4. The molecule has 0 spiro atoms. The summed E-state index contributed by atoms with van der Waals surface area (Å²) in [7, 11) is 0. The van der Waals surface area contributed by atoms with E-state index in [4.69, 9.17) is 37.1 Å². The lowest BCUT2D eigenvalue weighted by Gasteiger charge is -2.23. The SMILES string of the molecule is CCOCCCn1c(=O)c2cc(Cl)c3oc4c(N(CC)CC)cccc4c4c(Cl)cc(c1=O)c2c34.CCOc1c(C)c(=O)c2ccc3c4ccccc4sc4ccc1c2c43. The molecular weight excluding hydrogens is 816 g/mol. The zero-order valence-corrected chi connectivity index (χ0v) is 36.3. The Morgan fingerprint density at radius 1 is 0.650 bits per heavy atom. The summed E-state index contributed by atoms with van der Waals surface area (Å²) in [5, 5.41) is 10.6. The van der Waals surface area contributed by atoms with Gasteiger partial charge in [-0.3, -0.25) is 19.0 Å². The third kappa shape index (κ3) is 6.16. The molecule has 0 bridgehead atoms. The molecule has 0 saturated heterocycles. The monoisotopic (exact) mass is 856 g/mol. The summed E-state index contributed by atoms with van der Waals surface area (Å²) in [5.74, 6) is 0.729. The second-order valence-electron chi connectivity index (χ2n) is 14.8. The first-order valence-corrected chi connectivity index (χ1v) is 21.9. The maximum absolute atomic E-state index is 13.4. The van der Waals surface area contributed by atoms with E-state index in [0.29, 0.717) is 74.6 Å². The molecule has 60 heavy (non-hydrogen) atoms. The molecule has 0 aliphatic rings. The van der Waals surface area contributed by atoms with Crippen LogP contribution in [0, 0.1) is 6.92 Å². The summed E-state index contributed by atoms with van der Waals surface area (Å²) in [6.45, 7) is 13.4. The van der Waals surface area contributed by atoms with Gasteiger partial charge in [-0.15, -0.1) is 11.3 Å². The van der Waals surface area contributed by atoms with Gasteiger partial charge in [0.05, 0.1) is 33.1 Å². The van der Waals surface area contributed by atoms with Gasteiger partial charge in [-0.25, -0.2) is 0 Å². The predicted octanol–water partition coefficient (Wildman–Crippen LogP) is 12.3. The van der Waals surface area contributed by atoms with Gasteiger partial charge in [-0.2, -0.15) is 0 Å². The molecule has 0 N–H and O–H groups in total. The van der Waals surface area contributed by atoms with Crippen LogP contribution >= 0.6 is 34.5 Å². The van der Waals surface area contributed by atoms with Gasteiger partial charge in [0.1, 0.15) is 5.75 Å². The summed E-state index contributed by atoms with van der Waals surface area (Å²) >= 11 is 15.4. The second-order valence-corrected chi connectivity index (χ2v) is 16.7. The Kier molecular flexibility index (Phi) is 10.6. The highest BCUT2D eigenvalue weighted by Gasteiger charge is 2.25. The Morgan fingerprint density at radius 2 is 1.33 bits per heavy atom. The van der Waals surface area contributed by atoms with E-state index in [2.05, 4.69) is 61.2 Å². The van der Waals surface area contributed by atoms with Gasteiger partial charge in [0, 0.05) is 90.9 Å². The van der Waals surface area contributed by atoms with Crippen LogP contribution in [0.25, 0.3) is 85.2 Å². The molecule has 10 aromatic rings. The van der Waals surface area contributed by atoms with Crippen molar-refractivity contribution in [2.75, 3.05) is 37.8 Å². The third-order valence-electron chi connectivity index (χ3n) is 11.6. The summed E-state index contributed by atoms with van der Waals surface area (Å²) in [6.07, 6.45) is 0.548. The third-order valence-corrected chi connectivity index (χ3v) is 13.4. The topological polar surface area (TPSA) is 91.0 Å². The lowest BCUT2D eigenvalue weighted by Crippen LogP contribution is -2.33. The summed E-state index contributed by atoms with van der Waals surface area (Å²) in [5.41, 5.74) is 2.05. The molecule has 0 aliphatic heterocycles. The van der Waals surface area contributed by atoms with Gasteiger partial charge >= 0.3 is 0 Å². The smallest absolute Gasteiger partial charge is 0.261 e. The van der Waals surface area contributed by atoms with Crippen LogP contribution in [-0.4, -0.2) is 37.5 Å². The molecule has 304 valence electrons. The first-order valence-electron chi connectivity index (χ1n) is 20.4. The van der Waals surface area contributed by atoms with Crippen molar-refractivity contribution in [2.45, 2.75) is 47.6 Å². The fourth-order valence-electron chi connectivity index (χ4n) is 8.93. The number of halogens is 2. The molecule has 0 unspecified atom stereocenters. The lowest BCUT2D eigenvalue weighted by atomic mass is 9.94. The van der Waals surface area contributed by atoms with Crippen LogP contribution in [0.15, 0.2) is 97.7 Å². The van der Waals surface area contributed by atoms with Crippen molar-refractivity contribution in [1.29, 1.82) is 0 Å². The molecular formula is C49H42Cl2N2O6S. The van der Waals surface area contributed by atoms with Crippen LogP contribution < -0.4 is 26.2 Å². The van der Waals surface area contributed by atoms with Crippen molar-refractivity contribution >= 4 is 125 Å². The van der Waals surface area contributed by atoms with Gasteiger partial charge in [0.15, 0.2) is 16.6 Å². The molecule has 11 heteroatoms. The van der Waals surface area contributed by atoms with E-state index in [9.17, 15) is 14.4 Å². The maximum Gasteiger partial charge on any atom is 0.261 e. The number of hydrogen-bond acceptors (Lipinski definition) is 8. The number of ether oxygens (including phenoxy) is 2. The second kappa shape index (κ2) is 15.9. The van der Waals surface area contributed by atoms with Crippen LogP contribution in [0.3, 0.4) is 0 Å². The fraction of sp³-hybridized carbons (Fsp3) is 0.245. The molecule has 10 rings (SSSR count). The molecule has 0 radical (unpaired) electrons. The molecule has 3 aromatic heterocycles. The summed E-state index contributed by atoms with van der Waals surface area (Å²) in [4.78, 5) is 42.0. The van der Waals surface area contributed by atoms with E-state index >= 15 is 0 Å². The average molecular weight is 858 g/mol. The van der Waals surface area contributed by atoms with Crippen LogP contribution in [0.2, 0.25) is 10.0 Å². The molecule has 0 aliphatic carbocycles. The molecule has 3 heterocycles. The van der Waals surface area contributed by atoms with Crippen LogP contribution in [0.1, 0.15) is 39.7 Å². The lowest BCUT2D eigenvalue weighted by molar-refractivity contribution is 0.141. The quantitative estimate of drug-likeness (QED) is 0.0768. The molecule has 0 saturated carbocycles. The minimum atomic E-state index is -0.372. The van der Waals surface area contributed by atoms with Crippen molar-refractivity contribution in [2.24, 2.45) is 0 Å². The van der Waals surface area contributed by atoms with E-state index in [1.807, 2.05) is 45.0 Å².